The quantitative estimate of drug-likeness (QED) is 0.873. The Morgan fingerprint density at radius 3 is 2.74 bits per heavy atom. The van der Waals surface area contributed by atoms with E-state index in [0.29, 0.717) is 12.0 Å². The van der Waals surface area contributed by atoms with E-state index >= 15 is 0 Å². The molecule has 5 nitrogen and oxygen atoms in total. The van der Waals surface area contributed by atoms with E-state index in [1.165, 1.54) is 60.1 Å². The summed E-state index contributed by atoms with van der Waals surface area (Å²) in [5, 5.41) is 11.1. The van der Waals surface area contributed by atoms with Crippen LogP contribution in [0.4, 0.5) is 5.82 Å². The Morgan fingerprint density at radius 2 is 2.00 bits per heavy atom. The lowest BCUT2D eigenvalue weighted by Crippen LogP contribution is -2.53. The number of aliphatic hydroxyl groups is 1. The number of piperazine rings is 1. The number of rotatable bonds is 4. The molecule has 0 bridgehead atoms. The molecule has 5 rings (SSSR count). The van der Waals surface area contributed by atoms with Gasteiger partial charge in [0.2, 0.25) is 0 Å². The van der Waals surface area contributed by atoms with Crippen LogP contribution in [0.5, 0.6) is 0 Å². The van der Waals surface area contributed by atoms with Gasteiger partial charge in [-0.05, 0) is 57.9 Å². The number of hydrogen-bond acceptors (Lipinski definition) is 6. The average Bonchev–Trinajstić information content (AvgIpc) is 3.41. The van der Waals surface area contributed by atoms with Crippen molar-refractivity contribution in [2.24, 2.45) is 0 Å². The van der Waals surface area contributed by atoms with Crippen molar-refractivity contribution < 1.29 is 5.11 Å². The first-order valence-corrected chi connectivity index (χ1v) is 11.4. The number of nitrogens with zero attached hydrogens (tertiary/aromatic N) is 4. The first-order valence-electron chi connectivity index (χ1n) is 10.6. The van der Waals surface area contributed by atoms with Crippen LogP contribution in [0.1, 0.15) is 61.7 Å². The maximum Gasteiger partial charge on any atom is 0.141 e. The highest BCUT2D eigenvalue weighted by Crippen LogP contribution is 2.44. The lowest BCUT2D eigenvalue weighted by atomic mass is 9.96. The van der Waals surface area contributed by atoms with Gasteiger partial charge in [-0.2, -0.15) is 0 Å². The predicted octanol–water partition coefficient (Wildman–Crippen LogP) is 3.34. The fourth-order valence-corrected chi connectivity index (χ4v) is 6.04. The van der Waals surface area contributed by atoms with Crippen LogP contribution in [-0.2, 0) is 12.8 Å². The maximum atomic E-state index is 9.75. The first-order chi connectivity index (χ1) is 13.1. The van der Waals surface area contributed by atoms with Crippen molar-refractivity contribution in [2.75, 3.05) is 31.1 Å². The second-order valence-electron chi connectivity index (χ2n) is 8.72. The second kappa shape index (κ2) is 6.98. The Hall–Kier alpha value is -1.24. The lowest BCUT2D eigenvalue weighted by Gasteiger charge is -2.41. The van der Waals surface area contributed by atoms with Crippen LogP contribution in [0, 0.1) is 0 Å². The van der Waals surface area contributed by atoms with E-state index in [9.17, 15) is 5.11 Å². The summed E-state index contributed by atoms with van der Waals surface area (Å²) in [4.78, 5) is 17.9. The van der Waals surface area contributed by atoms with Gasteiger partial charge in [0, 0.05) is 43.0 Å². The van der Waals surface area contributed by atoms with E-state index in [1.807, 2.05) is 18.3 Å². The summed E-state index contributed by atoms with van der Waals surface area (Å²) in [6.45, 7) is 7.91. The molecular formula is C21H30N4OS. The van der Waals surface area contributed by atoms with E-state index in [0.717, 1.165) is 32.0 Å². The molecule has 2 atom stereocenters. The monoisotopic (exact) mass is 386 g/mol. The molecule has 0 aromatic carbocycles. The van der Waals surface area contributed by atoms with Gasteiger partial charge < -0.3 is 10.0 Å². The van der Waals surface area contributed by atoms with Gasteiger partial charge in [0.25, 0.3) is 0 Å². The second-order valence-corrected chi connectivity index (χ2v) is 9.81. The molecule has 3 heterocycles. The molecule has 2 aliphatic carbocycles. The number of aryl methyl sites for hydroxylation is 2. The third-order valence-corrected chi connectivity index (χ3v) is 7.45. The summed E-state index contributed by atoms with van der Waals surface area (Å²) in [6.07, 6.45) is 7.23. The Kier molecular flexibility index (Phi) is 4.61. The fraction of sp³-hybridized carbons (Fsp3) is 0.714. The molecule has 27 heavy (non-hydrogen) atoms. The molecule has 6 heteroatoms. The van der Waals surface area contributed by atoms with E-state index in [1.54, 1.807) is 4.88 Å². The third-order valence-electron chi connectivity index (χ3n) is 6.26. The zero-order chi connectivity index (χ0) is 18.5. The van der Waals surface area contributed by atoms with E-state index in [4.69, 9.17) is 9.97 Å². The number of β-amino-alcohol motifs (C(OH)–C–C–N with tert-alkyl or cyclic N) is 1. The summed E-state index contributed by atoms with van der Waals surface area (Å²) in [6, 6.07) is 0.404. The number of anilines is 1. The average molecular weight is 387 g/mol. The van der Waals surface area contributed by atoms with Crippen LogP contribution in [0.2, 0.25) is 0 Å². The number of aromatic nitrogens is 2. The highest BCUT2D eigenvalue weighted by atomic mass is 32.1. The normalized spacial score (nSPS) is 25.0. The molecule has 1 N–H and O–H groups in total. The summed E-state index contributed by atoms with van der Waals surface area (Å²) < 4.78 is 0. The Labute approximate surface area is 165 Å². The van der Waals surface area contributed by atoms with Crippen molar-refractivity contribution in [3.8, 4) is 0 Å². The number of fused-ring (bicyclic) bond motifs is 3. The summed E-state index contributed by atoms with van der Waals surface area (Å²) in [5.41, 5.74) is 1.54. The van der Waals surface area contributed by atoms with Crippen molar-refractivity contribution in [3.05, 3.63) is 16.3 Å². The molecule has 2 fully saturated rings. The molecule has 2 unspecified atom stereocenters. The zero-order valence-electron chi connectivity index (χ0n) is 16.4. The molecule has 1 saturated heterocycles. The maximum absolute atomic E-state index is 9.75. The van der Waals surface area contributed by atoms with Gasteiger partial charge in [-0.25, -0.2) is 9.97 Å². The van der Waals surface area contributed by atoms with Crippen molar-refractivity contribution in [2.45, 2.75) is 70.4 Å². The fourth-order valence-electron chi connectivity index (χ4n) is 4.77. The highest BCUT2D eigenvalue weighted by molar-refractivity contribution is 7.19. The van der Waals surface area contributed by atoms with Gasteiger partial charge >= 0.3 is 0 Å². The zero-order valence-corrected chi connectivity index (χ0v) is 17.3. The molecular weight excluding hydrogens is 356 g/mol. The summed E-state index contributed by atoms with van der Waals surface area (Å²) in [5.74, 6) is 2.86. The standard InChI is InChI=1S/C21H30N4OS/c1-13-11-24(12-14(2)26)9-10-25(13)20-18-16-5-3-4-6-17(16)27-21(18)23-19(22-20)15-7-8-15/h13-15,26H,3-12H2,1-2H3. The minimum absolute atomic E-state index is 0.264. The first kappa shape index (κ1) is 17.8. The van der Waals surface area contributed by atoms with Gasteiger partial charge in [-0.3, -0.25) is 4.90 Å². The van der Waals surface area contributed by atoms with E-state index in [2.05, 4.69) is 16.7 Å². The van der Waals surface area contributed by atoms with Crippen LogP contribution in [-0.4, -0.2) is 58.3 Å². The number of aliphatic hydroxyl groups excluding tert-OH is 1. The van der Waals surface area contributed by atoms with Crippen LogP contribution in [0.25, 0.3) is 10.2 Å². The summed E-state index contributed by atoms with van der Waals surface area (Å²) in [7, 11) is 0. The number of thiophene rings is 1. The van der Waals surface area contributed by atoms with Gasteiger partial charge in [0.05, 0.1) is 11.5 Å². The molecule has 0 spiro atoms. The molecule has 146 valence electrons. The molecule has 1 aliphatic heterocycles. The van der Waals surface area contributed by atoms with Gasteiger partial charge in [0.1, 0.15) is 16.5 Å². The Bertz CT molecular complexity index is 844. The molecule has 2 aromatic heterocycles. The van der Waals surface area contributed by atoms with Crippen LogP contribution in [0.3, 0.4) is 0 Å². The topological polar surface area (TPSA) is 52.5 Å². The van der Waals surface area contributed by atoms with Crippen molar-refractivity contribution in [1.82, 2.24) is 14.9 Å². The molecule has 3 aliphatic rings. The van der Waals surface area contributed by atoms with Gasteiger partial charge in [0.15, 0.2) is 0 Å². The van der Waals surface area contributed by atoms with Gasteiger partial charge in [-0.1, -0.05) is 0 Å². The highest BCUT2D eigenvalue weighted by Gasteiger charge is 2.33. The number of hydrogen-bond donors (Lipinski definition) is 1. The van der Waals surface area contributed by atoms with E-state index in [-0.39, 0.29) is 6.10 Å². The SMILES string of the molecule is CC(O)CN1CCN(c2nc(C3CC3)nc3sc4c(c23)CCCC4)C(C)C1. The van der Waals surface area contributed by atoms with Gasteiger partial charge in [-0.15, -0.1) is 11.3 Å². The Balaban J connectivity index is 1.54. The predicted molar refractivity (Wildman–Crippen MR) is 111 cm³/mol. The van der Waals surface area contributed by atoms with Crippen molar-refractivity contribution >= 4 is 27.4 Å². The van der Waals surface area contributed by atoms with Crippen molar-refractivity contribution in [1.29, 1.82) is 0 Å². The minimum Gasteiger partial charge on any atom is -0.392 e. The third kappa shape index (κ3) is 3.36. The minimum atomic E-state index is -0.264. The molecule has 0 radical (unpaired) electrons. The van der Waals surface area contributed by atoms with Crippen LogP contribution in [0.15, 0.2) is 0 Å². The van der Waals surface area contributed by atoms with Crippen LogP contribution >= 0.6 is 11.3 Å². The molecule has 1 saturated carbocycles. The molecule has 0 amide bonds. The van der Waals surface area contributed by atoms with E-state index < -0.39 is 0 Å². The lowest BCUT2D eigenvalue weighted by molar-refractivity contribution is 0.114. The summed E-state index contributed by atoms with van der Waals surface area (Å²) >= 11 is 1.93. The smallest absolute Gasteiger partial charge is 0.141 e. The molecule has 2 aromatic rings. The largest absolute Gasteiger partial charge is 0.392 e. The van der Waals surface area contributed by atoms with Crippen molar-refractivity contribution in [3.63, 3.8) is 0 Å². The Morgan fingerprint density at radius 1 is 1.19 bits per heavy atom. The van der Waals surface area contributed by atoms with Crippen LogP contribution < -0.4 is 4.90 Å².